The van der Waals surface area contributed by atoms with Gasteiger partial charge in [0.2, 0.25) is 11.8 Å². The summed E-state index contributed by atoms with van der Waals surface area (Å²) in [5.41, 5.74) is 3.18. The van der Waals surface area contributed by atoms with Crippen molar-refractivity contribution in [1.29, 1.82) is 0 Å². The van der Waals surface area contributed by atoms with Crippen LogP contribution in [0.15, 0.2) is 48.5 Å². The monoisotopic (exact) mass is 446 g/mol. The van der Waals surface area contributed by atoms with Crippen molar-refractivity contribution >= 4 is 35.2 Å². The summed E-state index contributed by atoms with van der Waals surface area (Å²) < 4.78 is 0. The highest BCUT2D eigenvalue weighted by molar-refractivity contribution is 7.99. The molecule has 2 aromatic rings. The van der Waals surface area contributed by atoms with E-state index in [1.807, 2.05) is 55.5 Å². The van der Waals surface area contributed by atoms with Gasteiger partial charge in [-0.05, 0) is 37.5 Å². The maximum atomic E-state index is 13.1. The second kappa shape index (κ2) is 12.7. The molecule has 2 amide bonds. The fourth-order valence-electron chi connectivity index (χ4n) is 2.96. The van der Waals surface area contributed by atoms with Crippen molar-refractivity contribution in [2.45, 2.75) is 52.0 Å². The molecule has 0 saturated carbocycles. The van der Waals surface area contributed by atoms with Crippen molar-refractivity contribution in [2.75, 3.05) is 12.3 Å². The number of hydrogen-bond donors (Lipinski definition) is 1. The van der Waals surface area contributed by atoms with Crippen molar-refractivity contribution in [3.8, 4) is 0 Å². The first-order valence-electron chi connectivity index (χ1n) is 10.4. The topological polar surface area (TPSA) is 49.4 Å². The highest BCUT2D eigenvalue weighted by Gasteiger charge is 2.25. The Morgan fingerprint density at radius 3 is 2.50 bits per heavy atom. The maximum Gasteiger partial charge on any atom is 0.242 e. The van der Waals surface area contributed by atoms with Crippen LogP contribution in [0.5, 0.6) is 0 Å². The second-order valence-electron chi connectivity index (χ2n) is 7.41. The average molecular weight is 447 g/mol. The Labute approximate surface area is 189 Å². The highest BCUT2D eigenvalue weighted by Crippen LogP contribution is 2.21. The lowest BCUT2D eigenvalue weighted by Gasteiger charge is -2.29. The van der Waals surface area contributed by atoms with Gasteiger partial charge in [0.1, 0.15) is 6.04 Å². The summed E-state index contributed by atoms with van der Waals surface area (Å²) in [6, 6.07) is 15.2. The summed E-state index contributed by atoms with van der Waals surface area (Å²) in [6.45, 7) is 6.95. The molecular formula is C24H31ClN2O2S. The molecule has 6 heteroatoms. The first-order chi connectivity index (χ1) is 14.4. The number of rotatable bonds is 11. The Hall–Kier alpha value is -1.98. The van der Waals surface area contributed by atoms with Gasteiger partial charge < -0.3 is 10.2 Å². The molecule has 1 atom stereocenters. The molecule has 2 rings (SSSR count). The molecule has 0 aliphatic heterocycles. The number of nitrogens with one attached hydrogen (secondary N) is 1. The molecule has 1 N–H and O–H groups in total. The SMILES string of the molecule is CCCCNC(=O)C(C)N(Cc1ccc(C)cc1)C(=O)CSCc1ccccc1Cl. The van der Waals surface area contributed by atoms with Gasteiger partial charge in [0.15, 0.2) is 0 Å². The molecule has 1 unspecified atom stereocenters. The minimum absolute atomic E-state index is 0.0502. The van der Waals surface area contributed by atoms with Crippen LogP contribution in [0.3, 0.4) is 0 Å². The fraction of sp³-hybridized carbons (Fsp3) is 0.417. The Balaban J connectivity index is 2.04. The van der Waals surface area contributed by atoms with Crippen LogP contribution in [0, 0.1) is 6.92 Å². The number of halogens is 1. The maximum absolute atomic E-state index is 13.1. The predicted octanol–water partition coefficient (Wildman–Crippen LogP) is 5.22. The summed E-state index contributed by atoms with van der Waals surface area (Å²) in [7, 11) is 0. The number of thioether (sulfide) groups is 1. The van der Waals surface area contributed by atoms with E-state index in [9.17, 15) is 9.59 Å². The van der Waals surface area contributed by atoms with Gasteiger partial charge in [-0.1, -0.05) is 73.0 Å². The smallest absolute Gasteiger partial charge is 0.242 e. The third kappa shape index (κ3) is 7.69. The van der Waals surface area contributed by atoms with Crippen LogP contribution in [-0.4, -0.2) is 35.1 Å². The summed E-state index contributed by atoms with van der Waals surface area (Å²) in [5, 5.41) is 3.65. The summed E-state index contributed by atoms with van der Waals surface area (Å²) in [4.78, 5) is 27.3. The van der Waals surface area contributed by atoms with Gasteiger partial charge in [-0.2, -0.15) is 0 Å². The lowest BCUT2D eigenvalue weighted by molar-refractivity contribution is -0.138. The normalized spacial score (nSPS) is 11.7. The zero-order chi connectivity index (χ0) is 21.9. The Bertz CT molecular complexity index is 826. The molecule has 30 heavy (non-hydrogen) atoms. The van der Waals surface area contributed by atoms with E-state index in [-0.39, 0.29) is 11.8 Å². The number of carbonyl (C=O) groups is 2. The summed E-state index contributed by atoms with van der Waals surface area (Å²) in [6.07, 6.45) is 1.94. The number of carbonyl (C=O) groups excluding carboxylic acids is 2. The first-order valence-corrected chi connectivity index (χ1v) is 11.9. The van der Waals surface area contributed by atoms with Crippen molar-refractivity contribution < 1.29 is 9.59 Å². The van der Waals surface area contributed by atoms with Crippen LogP contribution in [0.1, 0.15) is 43.4 Å². The molecule has 0 bridgehead atoms. The van der Waals surface area contributed by atoms with Gasteiger partial charge in [0.25, 0.3) is 0 Å². The largest absolute Gasteiger partial charge is 0.354 e. The van der Waals surface area contributed by atoms with Crippen LogP contribution in [0.25, 0.3) is 0 Å². The zero-order valence-electron chi connectivity index (χ0n) is 18.0. The van der Waals surface area contributed by atoms with E-state index in [1.54, 1.807) is 11.8 Å². The van der Waals surface area contributed by atoms with Gasteiger partial charge in [-0.25, -0.2) is 0 Å². The number of unbranched alkanes of at least 4 members (excludes halogenated alkanes) is 1. The fourth-order valence-corrected chi connectivity index (χ4v) is 4.15. The van der Waals surface area contributed by atoms with Crippen LogP contribution in [0.2, 0.25) is 5.02 Å². The standard InChI is InChI=1S/C24H31ClN2O2S/c1-4-5-14-26-24(29)19(3)27(15-20-12-10-18(2)11-13-20)23(28)17-30-16-21-8-6-7-9-22(21)25/h6-13,19H,4-5,14-17H2,1-3H3,(H,26,29). The number of amides is 2. The molecule has 2 aromatic carbocycles. The van der Waals surface area contributed by atoms with E-state index in [4.69, 9.17) is 11.6 Å². The minimum Gasteiger partial charge on any atom is -0.354 e. The lowest BCUT2D eigenvalue weighted by atomic mass is 10.1. The molecular weight excluding hydrogens is 416 g/mol. The van der Waals surface area contributed by atoms with Gasteiger partial charge in [0.05, 0.1) is 5.75 Å². The molecule has 0 radical (unpaired) electrons. The molecule has 162 valence electrons. The predicted molar refractivity (Wildman–Crippen MR) is 127 cm³/mol. The van der Waals surface area contributed by atoms with Crippen LogP contribution >= 0.6 is 23.4 Å². The van der Waals surface area contributed by atoms with Crippen LogP contribution < -0.4 is 5.32 Å². The van der Waals surface area contributed by atoms with Gasteiger partial charge >= 0.3 is 0 Å². The number of hydrogen-bond acceptors (Lipinski definition) is 3. The van der Waals surface area contributed by atoms with Crippen molar-refractivity contribution in [2.24, 2.45) is 0 Å². The molecule has 0 aromatic heterocycles. The molecule has 0 fully saturated rings. The number of benzene rings is 2. The third-order valence-corrected chi connectivity index (χ3v) is 6.25. The summed E-state index contributed by atoms with van der Waals surface area (Å²) in [5.74, 6) is 0.788. The van der Waals surface area contributed by atoms with E-state index in [2.05, 4.69) is 12.2 Å². The Kier molecular flexibility index (Phi) is 10.2. The van der Waals surface area contributed by atoms with Crippen LogP contribution in [0.4, 0.5) is 0 Å². The van der Waals surface area contributed by atoms with Crippen LogP contribution in [-0.2, 0) is 21.9 Å². The molecule has 4 nitrogen and oxygen atoms in total. The molecule has 0 heterocycles. The van der Waals surface area contributed by atoms with E-state index >= 15 is 0 Å². The quantitative estimate of drug-likeness (QED) is 0.481. The number of nitrogens with zero attached hydrogens (tertiary/aromatic N) is 1. The number of aryl methyl sites for hydroxylation is 1. The molecule has 0 saturated heterocycles. The molecule has 0 aliphatic rings. The minimum atomic E-state index is -0.531. The zero-order valence-corrected chi connectivity index (χ0v) is 19.6. The van der Waals surface area contributed by atoms with E-state index < -0.39 is 6.04 Å². The van der Waals surface area contributed by atoms with E-state index in [0.29, 0.717) is 29.6 Å². The van der Waals surface area contributed by atoms with Gasteiger partial charge in [-0.15, -0.1) is 11.8 Å². The Morgan fingerprint density at radius 2 is 1.83 bits per heavy atom. The van der Waals surface area contributed by atoms with Crippen molar-refractivity contribution in [3.63, 3.8) is 0 Å². The van der Waals surface area contributed by atoms with Crippen molar-refractivity contribution in [1.82, 2.24) is 10.2 Å². The highest BCUT2D eigenvalue weighted by atomic mass is 35.5. The van der Waals surface area contributed by atoms with Crippen molar-refractivity contribution in [3.05, 3.63) is 70.2 Å². The molecule has 0 spiro atoms. The third-order valence-electron chi connectivity index (χ3n) is 4.91. The molecule has 0 aliphatic carbocycles. The van der Waals surface area contributed by atoms with Gasteiger partial charge in [-0.3, -0.25) is 9.59 Å². The van der Waals surface area contributed by atoms with E-state index in [0.717, 1.165) is 29.5 Å². The summed E-state index contributed by atoms with van der Waals surface area (Å²) >= 11 is 7.73. The first kappa shape index (κ1) is 24.3. The van der Waals surface area contributed by atoms with E-state index in [1.165, 1.54) is 11.8 Å². The average Bonchev–Trinajstić information content (AvgIpc) is 2.74. The van der Waals surface area contributed by atoms with Gasteiger partial charge in [0, 0.05) is 23.9 Å². The second-order valence-corrected chi connectivity index (χ2v) is 8.80. The lowest BCUT2D eigenvalue weighted by Crippen LogP contribution is -2.48. The Morgan fingerprint density at radius 1 is 1.13 bits per heavy atom.